The number of amides is 2. The van der Waals surface area contributed by atoms with E-state index >= 15 is 0 Å². The van der Waals surface area contributed by atoms with Crippen LogP contribution in [0.1, 0.15) is 33.3 Å². The molecular formula is C18H24N2O3. The van der Waals surface area contributed by atoms with Crippen molar-refractivity contribution in [2.24, 2.45) is 0 Å². The van der Waals surface area contributed by atoms with Crippen LogP contribution in [0.15, 0.2) is 18.2 Å². The Labute approximate surface area is 137 Å². The Kier molecular flexibility index (Phi) is 5.38. The van der Waals surface area contributed by atoms with E-state index in [1.165, 1.54) is 0 Å². The molecule has 1 aromatic rings. The zero-order chi connectivity index (χ0) is 16.9. The van der Waals surface area contributed by atoms with Gasteiger partial charge in [0.2, 0.25) is 0 Å². The fourth-order valence-corrected chi connectivity index (χ4v) is 2.37. The first-order valence-corrected chi connectivity index (χ1v) is 7.81. The van der Waals surface area contributed by atoms with Crippen LogP contribution in [0.4, 0.5) is 4.79 Å². The highest BCUT2D eigenvalue weighted by atomic mass is 16.5. The van der Waals surface area contributed by atoms with Crippen molar-refractivity contribution in [1.29, 1.82) is 0 Å². The summed E-state index contributed by atoms with van der Waals surface area (Å²) < 4.78 is 11.6. The smallest absolute Gasteiger partial charge is 0.315 e. The second kappa shape index (κ2) is 7.28. The highest BCUT2D eigenvalue weighted by Crippen LogP contribution is 2.41. The first kappa shape index (κ1) is 17.0. The number of para-hydroxylation sites is 1. The van der Waals surface area contributed by atoms with Crippen molar-refractivity contribution in [1.82, 2.24) is 10.6 Å². The molecule has 124 valence electrons. The first-order valence-electron chi connectivity index (χ1n) is 7.81. The zero-order valence-electron chi connectivity index (χ0n) is 14.2. The zero-order valence-corrected chi connectivity index (χ0v) is 14.2. The van der Waals surface area contributed by atoms with E-state index < -0.39 is 0 Å². The number of nitrogens with one attached hydrogen (secondary N) is 2. The first-order chi connectivity index (χ1) is 10.9. The average Bonchev–Trinajstić information content (AvgIpc) is 2.76. The molecule has 1 aliphatic heterocycles. The van der Waals surface area contributed by atoms with Crippen LogP contribution in [0.2, 0.25) is 0 Å². The Morgan fingerprint density at radius 3 is 2.91 bits per heavy atom. The largest absolute Gasteiger partial charge is 0.483 e. The van der Waals surface area contributed by atoms with E-state index in [1.807, 2.05) is 26.0 Å². The lowest BCUT2D eigenvalue weighted by Crippen LogP contribution is -2.39. The van der Waals surface area contributed by atoms with Gasteiger partial charge in [0.1, 0.15) is 12.2 Å². The molecule has 0 fully saturated rings. The fourth-order valence-electron chi connectivity index (χ4n) is 2.37. The molecule has 0 atom stereocenters. The molecule has 2 rings (SSSR count). The molecular weight excluding hydrogens is 292 g/mol. The second-order valence-electron chi connectivity index (χ2n) is 6.41. The minimum atomic E-state index is -0.216. The maximum Gasteiger partial charge on any atom is 0.315 e. The second-order valence-corrected chi connectivity index (χ2v) is 6.41. The van der Waals surface area contributed by atoms with Crippen LogP contribution < -0.4 is 20.1 Å². The monoisotopic (exact) mass is 316 g/mol. The molecule has 5 heteroatoms. The number of carbonyl (C=O) groups excluding carboxylic acids is 1. The van der Waals surface area contributed by atoms with E-state index in [9.17, 15) is 4.79 Å². The number of ether oxygens (including phenoxy) is 2. The van der Waals surface area contributed by atoms with Crippen molar-refractivity contribution in [2.75, 3.05) is 13.2 Å². The van der Waals surface area contributed by atoms with Crippen LogP contribution in [0, 0.1) is 11.8 Å². The number of carbonyl (C=O) groups is 1. The summed E-state index contributed by atoms with van der Waals surface area (Å²) >= 11 is 0. The normalized spacial score (nSPS) is 14.3. The molecule has 0 saturated heterocycles. The van der Waals surface area contributed by atoms with E-state index in [0.29, 0.717) is 12.3 Å². The Hall–Kier alpha value is -2.35. The Morgan fingerprint density at radius 2 is 2.17 bits per heavy atom. The van der Waals surface area contributed by atoms with E-state index in [1.54, 1.807) is 0 Å². The van der Waals surface area contributed by atoms with Gasteiger partial charge in [-0.05, 0) is 33.8 Å². The molecule has 5 nitrogen and oxygen atoms in total. The highest BCUT2D eigenvalue weighted by molar-refractivity contribution is 5.74. The quantitative estimate of drug-likeness (QED) is 0.839. The van der Waals surface area contributed by atoms with Crippen LogP contribution in [0.25, 0.3) is 0 Å². The third kappa shape index (κ3) is 5.10. The number of rotatable bonds is 4. The molecule has 0 radical (unpaired) electrons. The van der Waals surface area contributed by atoms with Gasteiger partial charge in [-0.25, -0.2) is 4.79 Å². The number of benzene rings is 1. The molecule has 1 heterocycles. The van der Waals surface area contributed by atoms with E-state index in [4.69, 9.17) is 9.47 Å². The standard InChI is InChI=1S/C18H24N2O3/c1-13(2)20-17(21)19-10-5-6-11-22-15-9-7-8-14-12-18(3,4)23-16(14)15/h7-9,13H,10-12H2,1-4H3,(H2,19,20,21). The van der Waals surface area contributed by atoms with Crippen LogP contribution in [0.5, 0.6) is 11.5 Å². The fraction of sp³-hybridized carbons (Fsp3) is 0.500. The molecule has 0 bridgehead atoms. The third-order valence-corrected chi connectivity index (χ3v) is 3.24. The summed E-state index contributed by atoms with van der Waals surface area (Å²) in [5.41, 5.74) is 0.966. The molecule has 23 heavy (non-hydrogen) atoms. The molecule has 2 amide bonds. The Balaban J connectivity index is 1.80. The lowest BCUT2D eigenvalue weighted by Gasteiger charge is -2.17. The molecule has 0 spiro atoms. The summed E-state index contributed by atoms with van der Waals surface area (Å²) in [4.78, 5) is 11.4. The maximum atomic E-state index is 11.4. The van der Waals surface area contributed by atoms with Gasteiger partial charge in [-0.3, -0.25) is 0 Å². The van der Waals surface area contributed by atoms with Crippen molar-refractivity contribution >= 4 is 6.03 Å². The lowest BCUT2D eigenvalue weighted by molar-refractivity contribution is 0.133. The molecule has 0 unspecified atom stereocenters. The van der Waals surface area contributed by atoms with Gasteiger partial charge >= 0.3 is 6.03 Å². The van der Waals surface area contributed by atoms with E-state index in [-0.39, 0.29) is 24.3 Å². The summed E-state index contributed by atoms with van der Waals surface area (Å²) in [6, 6.07) is 5.79. The van der Waals surface area contributed by atoms with Gasteiger partial charge in [-0.1, -0.05) is 24.0 Å². The summed E-state index contributed by atoms with van der Waals surface area (Å²) in [5.74, 6) is 7.27. The van der Waals surface area contributed by atoms with Gasteiger partial charge in [0.05, 0.1) is 6.54 Å². The molecule has 2 N–H and O–H groups in total. The summed E-state index contributed by atoms with van der Waals surface area (Å²) in [7, 11) is 0. The number of hydrogen-bond donors (Lipinski definition) is 2. The SMILES string of the molecule is CC(C)NC(=O)NCC#CCOc1cccc2c1OC(C)(C)C2. The van der Waals surface area contributed by atoms with E-state index in [2.05, 4.69) is 42.4 Å². The minimum absolute atomic E-state index is 0.107. The van der Waals surface area contributed by atoms with Crippen molar-refractivity contribution in [3.05, 3.63) is 23.8 Å². The van der Waals surface area contributed by atoms with Crippen molar-refractivity contribution in [3.63, 3.8) is 0 Å². The Bertz CT molecular complexity index is 627. The predicted octanol–water partition coefficient (Wildman–Crippen LogP) is 2.49. The van der Waals surface area contributed by atoms with Gasteiger partial charge in [-0.2, -0.15) is 0 Å². The summed E-state index contributed by atoms with van der Waals surface area (Å²) in [6.45, 7) is 8.47. The molecule has 1 aliphatic rings. The number of urea groups is 1. The van der Waals surface area contributed by atoms with Crippen LogP contribution >= 0.6 is 0 Å². The van der Waals surface area contributed by atoms with Gasteiger partial charge in [0.15, 0.2) is 11.5 Å². The average molecular weight is 316 g/mol. The van der Waals surface area contributed by atoms with Gasteiger partial charge < -0.3 is 20.1 Å². The maximum absolute atomic E-state index is 11.4. The number of hydrogen-bond acceptors (Lipinski definition) is 3. The predicted molar refractivity (Wildman–Crippen MR) is 89.8 cm³/mol. The summed E-state index contributed by atoms with van der Waals surface area (Å²) in [6.07, 6.45) is 0.875. The highest BCUT2D eigenvalue weighted by Gasteiger charge is 2.32. The topological polar surface area (TPSA) is 59.6 Å². The molecule has 0 saturated carbocycles. The van der Waals surface area contributed by atoms with E-state index in [0.717, 1.165) is 17.7 Å². The van der Waals surface area contributed by atoms with Crippen LogP contribution in [0.3, 0.4) is 0 Å². The molecule has 0 aromatic heterocycles. The van der Waals surface area contributed by atoms with Gasteiger partial charge in [0.25, 0.3) is 0 Å². The minimum Gasteiger partial charge on any atom is -0.483 e. The van der Waals surface area contributed by atoms with Crippen molar-refractivity contribution in [2.45, 2.75) is 45.8 Å². The van der Waals surface area contributed by atoms with Gasteiger partial charge in [-0.15, -0.1) is 0 Å². The van der Waals surface area contributed by atoms with Crippen LogP contribution in [-0.2, 0) is 6.42 Å². The van der Waals surface area contributed by atoms with Crippen LogP contribution in [-0.4, -0.2) is 30.8 Å². The van der Waals surface area contributed by atoms with Crippen molar-refractivity contribution in [3.8, 4) is 23.3 Å². The molecule has 1 aromatic carbocycles. The Morgan fingerprint density at radius 1 is 1.39 bits per heavy atom. The van der Waals surface area contributed by atoms with Crippen molar-refractivity contribution < 1.29 is 14.3 Å². The van der Waals surface area contributed by atoms with Gasteiger partial charge in [0, 0.05) is 18.0 Å². The lowest BCUT2D eigenvalue weighted by atomic mass is 10.0. The number of fused-ring (bicyclic) bond motifs is 1. The third-order valence-electron chi connectivity index (χ3n) is 3.24. The molecule has 0 aliphatic carbocycles. The summed E-state index contributed by atoms with van der Waals surface area (Å²) in [5, 5.41) is 5.39.